The smallest absolute Gasteiger partial charge is 0.170 e. The first-order chi connectivity index (χ1) is 12.2. The number of halogens is 1. The predicted octanol–water partition coefficient (Wildman–Crippen LogP) is 4.10. The van der Waals surface area contributed by atoms with Crippen LogP contribution in [0.3, 0.4) is 0 Å². The molecule has 2 heterocycles. The number of aromatic nitrogens is 1. The van der Waals surface area contributed by atoms with Crippen LogP contribution < -0.4 is 5.32 Å². The Labute approximate surface area is 146 Å². The molecule has 1 fully saturated rings. The second kappa shape index (κ2) is 6.45. The minimum absolute atomic E-state index is 0.145. The lowest BCUT2D eigenvalue weighted by molar-refractivity contribution is 0.0738. The van der Waals surface area contributed by atoms with Gasteiger partial charge >= 0.3 is 0 Å². The van der Waals surface area contributed by atoms with Crippen molar-refractivity contribution >= 4 is 16.7 Å². The number of rotatable bonds is 4. The standard InChI is InChI=1S/C21H21FN2O/c22-18-4-1-3-15(11-18)13-21(8-2-9-23-14-21)20(25)17-5-6-19-16(12-17)7-10-24-19/h1,3-7,10-12,23-24H,2,8-9,13-14H2. The van der Waals surface area contributed by atoms with Gasteiger partial charge in [0.05, 0.1) is 5.41 Å². The summed E-state index contributed by atoms with van der Waals surface area (Å²) < 4.78 is 13.6. The second-order valence-electron chi connectivity index (χ2n) is 6.98. The number of Topliss-reactive ketones (excluding diaryl/α,β-unsaturated/α-hetero) is 1. The van der Waals surface area contributed by atoms with Gasteiger partial charge in [-0.2, -0.15) is 0 Å². The number of benzene rings is 2. The van der Waals surface area contributed by atoms with Crippen molar-refractivity contribution in [3.05, 3.63) is 71.7 Å². The molecule has 4 rings (SSSR count). The maximum Gasteiger partial charge on any atom is 0.170 e. The average Bonchev–Trinajstić information content (AvgIpc) is 3.09. The molecule has 128 valence electrons. The van der Waals surface area contributed by atoms with Gasteiger partial charge in [-0.05, 0) is 67.8 Å². The van der Waals surface area contributed by atoms with Gasteiger partial charge in [0.15, 0.2) is 5.78 Å². The van der Waals surface area contributed by atoms with E-state index in [2.05, 4.69) is 10.3 Å². The number of fused-ring (bicyclic) bond motifs is 1. The lowest BCUT2D eigenvalue weighted by Gasteiger charge is -2.36. The molecule has 0 bridgehead atoms. The Bertz CT molecular complexity index is 909. The van der Waals surface area contributed by atoms with Crippen LogP contribution in [0.15, 0.2) is 54.7 Å². The maximum atomic E-state index is 13.6. The number of H-pyrrole nitrogens is 1. The van der Waals surface area contributed by atoms with Crippen molar-refractivity contribution in [2.24, 2.45) is 5.41 Å². The Hall–Kier alpha value is -2.46. The summed E-state index contributed by atoms with van der Waals surface area (Å²) >= 11 is 0. The van der Waals surface area contributed by atoms with Gasteiger partial charge in [0.1, 0.15) is 5.82 Å². The Morgan fingerprint density at radius 3 is 2.88 bits per heavy atom. The molecule has 0 radical (unpaired) electrons. The average molecular weight is 336 g/mol. The van der Waals surface area contributed by atoms with Gasteiger partial charge in [-0.25, -0.2) is 4.39 Å². The number of hydrogen-bond donors (Lipinski definition) is 2. The highest BCUT2D eigenvalue weighted by atomic mass is 19.1. The van der Waals surface area contributed by atoms with E-state index in [0.29, 0.717) is 13.0 Å². The van der Waals surface area contributed by atoms with Gasteiger partial charge in [0.2, 0.25) is 0 Å². The molecule has 1 aromatic heterocycles. The van der Waals surface area contributed by atoms with Crippen molar-refractivity contribution in [3.8, 4) is 0 Å². The van der Waals surface area contributed by atoms with Crippen LogP contribution in [-0.2, 0) is 6.42 Å². The molecule has 2 aromatic carbocycles. The van der Waals surface area contributed by atoms with E-state index in [-0.39, 0.29) is 11.6 Å². The summed E-state index contributed by atoms with van der Waals surface area (Å²) in [6.45, 7) is 1.56. The quantitative estimate of drug-likeness (QED) is 0.705. The molecule has 0 aliphatic carbocycles. The lowest BCUT2D eigenvalue weighted by Crippen LogP contribution is -2.47. The van der Waals surface area contributed by atoms with Gasteiger partial charge in [0, 0.05) is 29.2 Å². The SMILES string of the molecule is O=C(c1ccc2[nH]ccc2c1)C1(Cc2cccc(F)c2)CCCNC1. The monoisotopic (exact) mass is 336 g/mol. The number of hydrogen-bond acceptors (Lipinski definition) is 2. The first kappa shape index (κ1) is 16.0. The number of carbonyl (C=O) groups is 1. The number of aromatic amines is 1. The zero-order valence-corrected chi connectivity index (χ0v) is 14.0. The van der Waals surface area contributed by atoms with Crippen LogP contribution in [0.1, 0.15) is 28.8 Å². The zero-order chi connectivity index (χ0) is 17.3. The van der Waals surface area contributed by atoms with Crippen LogP contribution in [0, 0.1) is 11.2 Å². The molecule has 4 heteroatoms. The fourth-order valence-corrected chi connectivity index (χ4v) is 3.93. The third kappa shape index (κ3) is 3.10. The number of carbonyl (C=O) groups excluding carboxylic acids is 1. The topological polar surface area (TPSA) is 44.9 Å². The Balaban J connectivity index is 1.70. The van der Waals surface area contributed by atoms with Gasteiger partial charge in [0.25, 0.3) is 0 Å². The minimum Gasteiger partial charge on any atom is -0.361 e. The van der Waals surface area contributed by atoms with E-state index in [1.807, 2.05) is 36.5 Å². The molecule has 1 atom stereocenters. The second-order valence-corrected chi connectivity index (χ2v) is 6.98. The van der Waals surface area contributed by atoms with Crippen LogP contribution in [-0.4, -0.2) is 23.9 Å². The third-order valence-electron chi connectivity index (χ3n) is 5.20. The minimum atomic E-state index is -0.518. The van der Waals surface area contributed by atoms with Crippen LogP contribution in [0.2, 0.25) is 0 Å². The number of ketones is 1. The van der Waals surface area contributed by atoms with E-state index in [1.54, 1.807) is 12.1 Å². The maximum absolute atomic E-state index is 13.6. The van der Waals surface area contributed by atoms with E-state index < -0.39 is 5.41 Å². The van der Waals surface area contributed by atoms with Gasteiger partial charge in [-0.3, -0.25) is 4.79 Å². The largest absolute Gasteiger partial charge is 0.361 e. The van der Waals surface area contributed by atoms with Crippen LogP contribution in [0.5, 0.6) is 0 Å². The molecule has 3 nitrogen and oxygen atoms in total. The fraction of sp³-hybridized carbons (Fsp3) is 0.286. The summed E-state index contributed by atoms with van der Waals surface area (Å²) in [6.07, 6.45) is 4.21. The van der Waals surface area contributed by atoms with Gasteiger partial charge in [-0.1, -0.05) is 12.1 Å². The van der Waals surface area contributed by atoms with Crippen molar-refractivity contribution < 1.29 is 9.18 Å². The van der Waals surface area contributed by atoms with E-state index >= 15 is 0 Å². The summed E-state index contributed by atoms with van der Waals surface area (Å²) in [5.74, 6) is -0.107. The van der Waals surface area contributed by atoms with Crippen molar-refractivity contribution in [2.75, 3.05) is 13.1 Å². The summed E-state index contributed by atoms with van der Waals surface area (Å²) in [6, 6.07) is 14.4. The molecular weight excluding hydrogens is 315 g/mol. The Morgan fingerprint density at radius 2 is 2.08 bits per heavy atom. The molecule has 25 heavy (non-hydrogen) atoms. The normalized spacial score (nSPS) is 20.7. The van der Waals surface area contributed by atoms with Crippen LogP contribution in [0.4, 0.5) is 4.39 Å². The molecule has 0 spiro atoms. The van der Waals surface area contributed by atoms with E-state index in [4.69, 9.17) is 0 Å². The number of piperidine rings is 1. The molecule has 0 amide bonds. The van der Waals surface area contributed by atoms with Gasteiger partial charge in [-0.15, -0.1) is 0 Å². The molecule has 1 aliphatic rings. The summed E-state index contributed by atoms with van der Waals surface area (Å²) in [7, 11) is 0. The fourth-order valence-electron chi connectivity index (χ4n) is 3.93. The van der Waals surface area contributed by atoms with Crippen LogP contribution in [0.25, 0.3) is 10.9 Å². The molecule has 0 saturated carbocycles. The highest BCUT2D eigenvalue weighted by Gasteiger charge is 2.40. The molecule has 2 N–H and O–H groups in total. The third-order valence-corrected chi connectivity index (χ3v) is 5.20. The van der Waals surface area contributed by atoms with Crippen LogP contribution >= 0.6 is 0 Å². The first-order valence-electron chi connectivity index (χ1n) is 8.73. The first-order valence-corrected chi connectivity index (χ1v) is 8.73. The zero-order valence-electron chi connectivity index (χ0n) is 14.0. The van der Waals surface area contributed by atoms with E-state index in [9.17, 15) is 9.18 Å². The predicted molar refractivity (Wildman–Crippen MR) is 97.3 cm³/mol. The van der Waals surface area contributed by atoms with E-state index in [0.717, 1.165) is 41.4 Å². The molecule has 3 aromatic rings. The lowest BCUT2D eigenvalue weighted by atomic mass is 9.70. The number of nitrogens with one attached hydrogen (secondary N) is 2. The summed E-state index contributed by atoms with van der Waals surface area (Å²) in [5.41, 5.74) is 2.11. The highest BCUT2D eigenvalue weighted by molar-refractivity contribution is 6.03. The Kier molecular flexibility index (Phi) is 4.14. The molecule has 1 unspecified atom stereocenters. The highest BCUT2D eigenvalue weighted by Crippen LogP contribution is 2.35. The molecular formula is C21H21FN2O. The van der Waals surface area contributed by atoms with Crippen molar-refractivity contribution in [1.82, 2.24) is 10.3 Å². The van der Waals surface area contributed by atoms with Crippen molar-refractivity contribution in [2.45, 2.75) is 19.3 Å². The summed E-state index contributed by atoms with van der Waals surface area (Å²) in [5, 5.41) is 4.41. The van der Waals surface area contributed by atoms with Gasteiger partial charge < -0.3 is 10.3 Å². The van der Waals surface area contributed by atoms with E-state index in [1.165, 1.54) is 6.07 Å². The van der Waals surface area contributed by atoms with Crippen molar-refractivity contribution in [3.63, 3.8) is 0 Å². The van der Waals surface area contributed by atoms with Crippen molar-refractivity contribution in [1.29, 1.82) is 0 Å². The molecule has 1 saturated heterocycles. The summed E-state index contributed by atoms with van der Waals surface area (Å²) in [4.78, 5) is 16.6. The Morgan fingerprint density at radius 1 is 1.16 bits per heavy atom. The molecule has 1 aliphatic heterocycles.